The average molecular weight is 216 g/mol. The van der Waals surface area contributed by atoms with Crippen LogP contribution in [0.5, 0.6) is 0 Å². The van der Waals surface area contributed by atoms with Crippen molar-refractivity contribution in [3.63, 3.8) is 0 Å². The van der Waals surface area contributed by atoms with Crippen LogP contribution >= 0.6 is 0 Å². The first-order chi connectivity index (χ1) is 7.79. The minimum Gasteiger partial charge on any atom is -0.299 e. The predicted octanol–water partition coefficient (Wildman–Crippen LogP) is 3.94. The van der Waals surface area contributed by atoms with Crippen LogP contribution in [-0.2, 0) is 4.79 Å². The summed E-state index contributed by atoms with van der Waals surface area (Å²) >= 11 is 0. The molecule has 1 nitrogen and oxygen atoms in total. The van der Waals surface area contributed by atoms with Gasteiger partial charge in [0.1, 0.15) is 5.78 Å². The minimum atomic E-state index is 0.0734. The monoisotopic (exact) mass is 216 g/mol. The molecule has 0 radical (unpaired) electrons. The molecule has 1 aromatic rings. The van der Waals surface area contributed by atoms with Crippen molar-refractivity contribution in [2.75, 3.05) is 0 Å². The van der Waals surface area contributed by atoms with Crippen LogP contribution in [-0.4, -0.2) is 5.78 Å². The second kappa shape index (κ2) is 5.29. The van der Waals surface area contributed by atoms with Gasteiger partial charge in [-0.3, -0.25) is 4.79 Å². The van der Waals surface area contributed by atoms with E-state index in [1.165, 1.54) is 19.3 Å². The molecular weight excluding hydrogens is 196 g/mol. The van der Waals surface area contributed by atoms with E-state index < -0.39 is 0 Å². The molecule has 86 valence electrons. The summed E-state index contributed by atoms with van der Waals surface area (Å²) in [5.41, 5.74) is 1.16. The fraction of sp³-hybridized carbons (Fsp3) is 0.533. The molecule has 0 bridgehead atoms. The first kappa shape index (κ1) is 11.4. The zero-order valence-electron chi connectivity index (χ0n) is 9.99. The average Bonchev–Trinajstić information content (AvgIpc) is 2.39. The molecule has 0 spiro atoms. The number of carbonyl (C=O) groups excluding carboxylic acids is 1. The van der Waals surface area contributed by atoms with Crippen molar-refractivity contribution in [2.24, 2.45) is 5.92 Å². The summed E-state index contributed by atoms with van der Waals surface area (Å²) in [4.78, 5) is 12.3. The largest absolute Gasteiger partial charge is 0.299 e. The van der Waals surface area contributed by atoms with Crippen molar-refractivity contribution in [3.8, 4) is 0 Å². The molecule has 16 heavy (non-hydrogen) atoms. The van der Waals surface area contributed by atoms with Crippen molar-refractivity contribution in [1.29, 1.82) is 0 Å². The Labute approximate surface area is 97.9 Å². The number of ketones is 1. The lowest BCUT2D eigenvalue weighted by Gasteiger charge is -2.23. The quantitative estimate of drug-likeness (QED) is 0.748. The fourth-order valence-corrected chi connectivity index (χ4v) is 2.65. The summed E-state index contributed by atoms with van der Waals surface area (Å²) in [6, 6.07) is 10.2. The summed E-state index contributed by atoms with van der Waals surface area (Å²) in [6.07, 6.45) is 5.99. The number of carbonyl (C=O) groups is 1. The van der Waals surface area contributed by atoms with Gasteiger partial charge in [0.05, 0.1) is 0 Å². The second-order valence-electron chi connectivity index (χ2n) is 4.87. The van der Waals surface area contributed by atoms with Crippen molar-refractivity contribution in [1.82, 2.24) is 0 Å². The van der Waals surface area contributed by atoms with Crippen LogP contribution in [0.4, 0.5) is 0 Å². The normalized spacial score (nSPS) is 19.3. The van der Waals surface area contributed by atoms with Crippen molar-refractivity contribution >= 4 is 5.78 Å². The molecule has 1 heteroatoms. The third kappa shape index (κ3) is 2.52. The van der Waals surface area contributed by atoms with Gasteiger partial charge >= 0.3 is 0 Å². The molecule has 1 atom stereocenters. The Bertz CT molecular complexity index is 336. The number of hydrogen-bond donors (Lipinski definition) is 0. The highest BCUT2D eigenvalue weighted by Crippen LogP contribution is 2.29. The standard InChI is InChI=1S/C15H20O/c1-12(13-8-4-2-5-9-13)15(16)14-10-6-3-7-11-14/h2,4-5,8-9,12,14H,3,6-7,10-11H2,1H3/t12-/m1/s1. The summed E-state index contributed by atoms with van der Waals surface area (Å²) in [5.74, 6) is 0.846. The molecule has 0 heterocycles. The molecule has 1 aromatic carbocycles. The van der Waals surface area contributed by atoms with E-state index >= 15 is 0 Å². The Kier molecular flexibility index (Phi) is 3.76. The summed E-state index contributed by atoms with van der Waals surface area (Å²) in [5, 5.41) is 0. The number of rotatable bonds is 3. The second-order valence-corrected chi connectivity index (χ2v) is 4.87. The lowest BCUT2D eigenvalue weighted by molar-refractivity contribution is -0.124. The maximum absolute atomic E-state index is 12.3. The first-order valence-electron chi connectivity index (χ1n) is 6.37. The highest BCUT2D eigenvalue weighted by molar-refractivity contribution is 5.87. The summed E-state index contributed by atoms with van der Waals surface area (Å²) < 4.78 is 0. The fourth-order valence-electron chi connectivity index (χ4n) is 2.65. The Morgan fingerprint density at radius 2 is 1.75 bits per heavy atom. The predicted molar refractivity (Wildman–Crippen MR) is 66.4 cm³/mol. The molecule has 0 saturated heterocycles. The van der Waals surface area contributed by atoms with Crippen LogP contribution in [0, 0.1) is 5.92 Å². The zero-order valence-corrected chi connectivity index (χ0v) is 9.99. The van der Waals surface area contributed by atoms with E-state index in [2.05, 4.69) is 12.1 Å². The van der Waals surface area contributed by atoms with Gasteiger partial charge in [-0.05, 0) is 18.4 Å². The summed E-state index contributed by atoms with van der Waals surface area (Å²) in [7, 11) is 0. The SMILES string of the molecule is C[C@@H](C(=O)C1CCCCC1)c1ccccc1. The maximum atomic E-state index is 12.3. The van der Waals surface area contributed by atoms with Gasteiger partial charge in [0.25, 0.3) is 0 Å². The zero-order chi connectivity index (χ0) is 11.4. The first-order valence-corrected chi connectivity index (χ1v) is 6.37. The lowest BCUT2D eigenvalue weighted by atomic mass is 9.80. The molecule has 2 rings (SSSR count). The Balaban J connectivity index is 2.04. The van der Waals surface area contributed by atoms with Gasteiger partial charge in [-0.25, -0.2) is 0 Å². The van der Waals surface area contributed by atoms with E-state index in [0.29, 0.717) is 11.7 Å². The van der Waals surface area contributed by atoms with Crippen LogP contribution < -0.4 is 0 Å². The van der Waals surface area contributed by atoms with Gasteiger partial charge < -0.3 is 0 Å². The van der Waals surface area contributed by atoms with Crippen LogP contribution in [0.15, 0.2) is 30.3 Å². The van der Waals surface area contributed by atoms with Crippen LogP contribution in [0.1, 0.15) is 50.5 Å². The molecule has 0 aliphatic heterocycles. The van der Waals surface area contributed by atoms with Gasteiger partial charge in [-0.1, -0.05) is 56.5 Å². The highest BCUT2D eigenvalue weighted by atomic mass is 16.1. The van der Waals surface area contributed by atoms with E-state index in [1.54, 1.807) is 0 Å². The lowest BCUT2D eigenvalue weighted by Crippen LogP contribution is -2.22. The topological polar surface area (TPSA) is 17.1 Å². The molecule has 0 unspecified atom stereocenters. The molecule has 1 aliphatic rings. The van der Waals surface area contributed by atoms with E-state index in [0.717, 1.165) is 18.4 Å². The third-order valence-corrected chi connectivity index (χ3v) is 3.73. The maximum Gasteiger partial charge on any atom is 0.143 e. The Morgan fingerprint density at radius 3 is 2.38 bits per heavy atom. The third-order valence-electron chi connectivity index (χ3n) is 3.73. The Hall–Kier alpha value is -1.11. The number of Topliss-reactive ketones (excluding diaryl/α,β-unsaturated/α-hetero) is 1. The van der Waals surface area contributed by atoms with E-state index in [1.807, 2.05) is 25.1 Å². The molecule has 1 saturated carbocycles. The van der Waals surface area contributed by atoms with E-state index in [4.69, 9.17) is 0 Å². The molecule has 0 aromatic heterocycles. The van der Waals surface area contributed by atoms with Gasteiger partial charge in [-0.15, -0.1) is 0 Å². The van der Waals surface area contributed by atoms with Gasteiger partial charge in [0.15, 0.2) is 0 Å². The Morgan fingerprint density at radius 1 is 1.12 bits per heavy atom. The van der Waals surface area contributed by atoms with Gasteiger partial charge in [-0.2, -0.15) is 0 Å². The van der Waals surface area contributed by atoms with Gasteiger partial charge in [0, 0.05) is 11.8 Å². The minimum absolute atomic E-state index is 0.0734. The number of benzene rings is 1. The highest BCUT2D eigenvalue weighted by Gasteiger charge is 2.25. The molecule has 1 aliphatic carbocycles. The molecule has 1 fully saturated rings. The molecular formula is C15H20O. The van der Waals surface area contributed by atoms with Crippen molar-refractivity contribution in [2.45, 2.75) is 44.9 Å². The number of hydrogen-bond acceptors (Lipinski definition) is 1. The van der Waals surface area contributed by atoms with Crippen molar-refractivity contribution < 1.29 is 4.79 Å². The van der Waals surface area contributed by atoms with Gasteiger partial charge in [0.2, 0.25) is 0 Å². The van der Waals surface area contributed by atoms with E-state index in [-0.39, 0.29) is 5.92 Å². The molecule has 0 N–H and O–H groups in total. The molecule has 0 amide bonds. The van der Waals surface area contributed by atoms with Crippen molar-refractivity contribution in [3.05, 3.63) is 35.9 Å². The van der Waals surface area contributed by atoms with Crippen LogP contribution in [0.3, 0.4) is 0 Å². The van der Waals surface area contributed by atoms with Crippen LogP contribution in [0.2, 0.25) is 0 Å². The summed E-state index contributed by atoms with van der Waals surface area (Å²) in [6.45, 7) is 2.05. The van der Waals surface area contributed by atoms with Crippen LogP contribution in [0.25, 0.3) is 0 Å². The smallest absolute Gasteiger partial charge is 0.143 e. The van der Waals surface area contributed by atoms with E-state index in [9.17, 15) is 4.79 Å².